The van der Waals surface area contributed by atoms with Crippen molar-refractivity contribution >= 4 is 21.8 Å². The van der Waals surface area contributed by atoms with E-state index in [4.69, 9.17) is 4.98 Å². The van der Waals surface area contributed by atoms with Gasteiger partial charge in [0.15, 0.2) is 0 Å². The molecule has 0 N–H and O–H groups in total. The number of rotatable bonds is 3. The van der Waals surface area contributed by atoms with E-state index in [1.807, 2.05) is 0 Å². The molecule has 0 radical (unpaired) electrons. The van der Waals surface area contributed by atoms with Gasteiger partial charge in [-0.25, -0.2) is 4.98 Å². The topological polar surface area (TPSA) is 17.8 Å². The maximum absolute atomic E-state index is 5.09. The highest BCUT2D eigenvalue weighted by Crippen LogP contribution is 2.60. The van der Waals surface area contributed by atoms with Gasteiger partial charge >= 0.3 is 0 Å². The number of hydrogen-bond acceptors (Lipinski definition) is 1. The minimum atomic E-state index is -0.0911. The maximum Gasteiger partial charge on any atom is 0.145 e. The fourth-order valence-electron chi connectivity index (χ4n) is 7.90. The minimum Gasteiger partial charge on any atom is -0.292 e. The molecule has 7 aromatic rings. The van der Waals surface area contributed by atoms with Crippen LogP contribution in [-0.4, -0.2) is 9.55 Å². The summed E-state index contributed by atoms with van der Waals surface area (Å²) in [6, 6.07) is 44.4. The van der Waals surface area contributed by atoms with Gasteiger partial charge < -0.3 is 0 Å². The molecule has 6 aromatic carbocycles. The number of aromatic nitrogens is 2. The van der Waals surface area contributed by atoms with Crippen LogP contribution in [0.1, 0.15) is 49.9 Å². The molecule has 0 saturated carbocycles. The van der Waals surface area contributed by atoms with Crippen LogP contribution in [-0.2, 0) is 10.8 Å². The van der Waals surface area contributed by atoms with Crippen molar-refractivity contribution in [3.05, 3.63) is 144 Å². The second-order valence-electron chi connectivity index (χ2n) is 13.3. The number of nitrogens with zero attached hydrogens (tertiary/aromatic N) is 2. The Morgan fingerprint density at radius 1 is 0.512 bits per heavy atom. The lowest BCUT2D eigenvalue weighted by Gasteiger charge is -2.35. The summed E-state index contributed by atoms with van der Waals surface area (Å²) in [5.41, 5.74) is 15.4. The van der Waals surface area contributed by atoms with Crippen molar-refractivity contribution in [2.75, 3.05) is 0 Å². The first-order valence-corrected chi connectivity index (χ1v) is 15.2. The standard InChI is InChI=1S/C41H32N2/c1-40(2)30-14-10-11-26-21-22-31-38(36(26)30)37-32(40)23-28(24-33(37)41(31,3)4)25-17-19-27(20-18-25)39-42-34-15-8-9-16-35(34)43(39)29-12-6-5-7-13-29/h5-24H,1-4H3. The van der Waals surface area contributed by atoms with Gasteiger partial charge in [0.25, 0.3) is 0 Å². The monoisotopic (exact) mass is 552 g/mol. The summed E-state index contributed by atoms with van der Waals surface area (Å²) in [5.74, 6) is 0.960. The molecule has 0 spiro atoms. The van der Waals surface area contributed by atoms with Crippen LogP contribution in [0.15, 0.2) is 121 Å². The van der Waals surface area contributed by atoms with E-state index in [0.717, 1.165) is 28.1 Å². The highest BCUT2D eigenvalue weighted by atomic mass is 15.1. The second kappa shape index (κ2) is 8.33. The average Bonchev–Trinajstić information content (AvgIpc) is 3.53. The second-order valence-corrected chi connectivity index (χ2v) is 13.3. The largest absolute Gasteiger partial charge is 0.292 e. The van der Waals surface area contributed by atoms with Crippen LogP contribution in [0.25, 0.3) is 61.1 Å². The molecule has 0 fully saturated rings. The van der Waals surface area contributed by atoms with Crippen LogP contribution in [0, 0.1) is 0 Å². The first-order valence-electron chi connectivity index (χ1n) is 15.2. The van der Waals surface area contributed by atoms with Crippen molar-refractivity contribution in [2.45, 2.75) is 38.5 Å². The average molecular weight is 553 g/mol. The van der Waals surface area contributed by atoms with Crippen LogP contribution in [0.5, 0.6) is 0 Å². The molecule has 1 heterocycles. The van der Waals surface area contributed by atoms with Crippen molar-refractivity contribution in [1.29, 1.82) is 0 Å². The molecule has 0 amide bonds. The van der Waals surface area contributed by atoms with E-state index >= 15 is 0 Å². The fraction of sp³-hybridized carbons (Fsp3) is 0.146. The molecule has 43 heavy (non-hydrogen) atoms. The first-order chi connectivity index (χ1) is 20.8. The molecular formula is C41H32N2. The summed E-state index contributed by atoms with van der Waals surface area (Å²) in [6.45, 7) is 9.60. The number of para-hydroxylation sites is 3. The summed E-state index contributed by atoms with van der Waals surface area (Å²) in [5, 5.41) is 2.79. The quantitative estimate of drug-likeness (QED) is 0.213. The Bertz CT molecular complexity index is 2260. The van der Waals surface area contributed by atoms with E-state index in [1.165, 1.54) is 55.3 Å². The maximum atomic E-state index is 5.09. The lowest BCUT2D eigenvalue weighted by molar-refractivity contribution is 0.639. The van der Waals surface area contributed by atoms with Crippen molar-refractivity contribution in [2.24, 2.45) is 0 Å². The van der Waals surface area contributed by atoms with Crippen LogP contribution >= 0.6 is 0 Å². The highest BCUT2D eigenvalue weighted by molar-refractivity contribution is 6.08. The third-order valence-corrected chi connectivity index (χ3v) is 10.2. The van der Waals surface area contributed by atoms with Crippen LogP contribution in [0.3, 0.4) is 0 Å². The highest BCUT2D eigenvalue weighted by Gasteiger charge is 2.44. The van der Waals surface area contributed by atoms with E-state index in [-0.39, 0.29) is 10.8 Å². The third-order valence-electron chi connectivity index (χ3n) is 10.2. The smallest absolute Gasteiger partial charge is 0.145 e. The molecule has 2 nitrogen and oxygen atoms in total. The van der Waals surface area contributed by atoms with E-state index in [9.17, 15) is 0 Å². The van der Waals surface area contributed by atoms with Gasteiger partial charge in [0.1, 0.15) is 5.82 Å². The van der Waals surface area contributed by atoms with Crippen LogP contribution in [0.2, 0.25) is 0 Å². The zero-order valence-corrected chi connectivity index (χ0v) is 24.9. The van der Waals surface area contributed by atoms with Gasteiger partial charge in [-0.1, -0.05) is 113 Å². The van der Waals surface area contributed by atoms with Gasteiger partial charge in [0.2, 0.25) is 0 Å². The molecule has 1 aromatic heterocycles. The molecule has 9 rings (SSSR count). The van der Waals surface area contributed by atoms with E-state index in [1.54, 1.807) is 0 Å². The van der Waals surface area contributed by atoms with E-state index in [2.05, 4.69) is 154 Å². The van der Waals surface area contributed by atoms with Gasteiger partial charge in [-0.3, -0.25) is 4.57 Å². The number of hydrogen-bond donors (Lipinski definition) is 0. The van der Waals surface area contributed by atoms with Gasteiger partial charge in [0, 0.05) is 22.1 Å². The Hall–Kier alpha value is -4.95. The molecular weight excluding hydrogens is 520 g/mol. The van der Waals surface area contributed by atoms with Gasteiger partial charge in [-0.05, 0) is 91.7 Å². The molecule has 2 aliphatic rings. The molecule has 206 valence electrons. The fourth-order valence-corrected chi connectivity index (χ4v) is 7.90. The SMILES string of the molecule is CC1(C)c2cc(-c3ccc(-c4nc5ccccc5n4-c4ccccc4)cc3)cc3c2-c2c1ccc1cccc(c21)C3(C)C. The van der Waals surface area contributed by atoms with Crippen molar-refractivity contribution < 1.29 is 0 Å². The molecule has 0 aliphatic heterocycles. The number of benzene rings is 6. The number of fused-ring (bicyclic) bond motifs is 1. The Labute approximate surface area is 252 Å². The lowest BCUT2D eigenvalue weighted by Crippen LogP contribution is -2.24. The van der Waals surface area contributed by atoms with Gasteiger partial charge in [0.05, 0.1) is 11.0 Å². The minimum absolute atomic E-state index is 0.0579. The molecule has 0 bridgehead atoms. The molecule has 0 atom stereocenters. The third kappa shape index (κ3) is 3.21. The first kappa shape index (κ1) is 24.6. The molecule has 0 unspecified atom stereocenters. The van der Waals surface area contributed by atoms with Crippen molar-refractivity contribution in [3.8, 4) is 39.3 Å². The van der Waals surface area contributed by atoms with E-state index in [0.29, 0.717) is 0 Å². The predicted molar refractivity (Wildman–Crippen MR) is 179 cm³/mol. The summed E-state index contributed by atoms with van der Waals surface area (Å²) in [4.78, 5) is 5.09. The van der Waals surface area contributed by atoms with E-state index < -0.39 is 0 Å². The Balaban J connectivity index is 1.22. The van der Waals surface area contributed by atoms with Gasteiger partial charge in [-0.2, -0.15) is 0 Å². The number of imidazole rings is 1. The summed E-state index contributed by atoms with van der Waals surface area (Å²) in [6.07, 6.45) is 0. The zero-order valence-electron chi connectivity index (χ0n) is 24.9. The summed E-state index contributed by atoms with van der Waals surface area (Å²) < 4.78 is 2.27. The van der Waals surface area contributed by atoms with Gasteiger partial charge in [-0.15, -0.1) is 0 Å². The molecule has 0 saturated heterocycles. The predicted octanol–water partition coefficient (Wildman–Crippen LogP) is 10.5. The zero-order chi connectivity index (χ0) is 29.1. The molecule has 2 aliphatic carbocycles. The Morgan fingerprint density at radius 2 is 1.19 bits per heavy atom. The van der Waals surface area contributed by atoms with Crippen molar-refractivity contribution in [1.82, 2.24) is 9.55 Å². The Kier molecular flexibility index (Phi) is 4.77. The van der Waals surface area contributed by atoms with Crippen molar-refractivity contribution in [3.63, 3.8) is 0 Å². The Morgan fingerprint density at radius 3 is 1.95 bits per heavy atom. The van der Waals surface area contributed by atoms with Crippen LogP contribution < -0.4 is 0 Å². The normalized spacial score (nSPS) is 15.3. The van der Waals surface area contributed by atoms with Crippen LogP contribution in [0.4, 0.5) is 0 Å². The summed E-state index contributed by atoms with van der Waals surface area (Å²) >= 11 is 0. The molecule has 2 heteroatoms. The summed E-state index contributed by atoms with van der Waals surface area (Å²) in [7, 11) is 0. The lowest BCUT2D eigenvalue weighted by atomic mass is 9.68.